The molecule has 1 N–H and O–H groups in total. The number of aryl methyl sites for hydroxylation is 2. The second kappa shape index (κ2) is 8.16. The smallest absolute Gasteiger partial charge is 0.259 e. The van der Waals surface area contributed by atoms with E-state index in [4.69, 9.17) is 4.74 Å². The minimum Gasteiger partial charge on any atom is -0.493 e. The molecule has 3 nitrogen and oxygen atoms in total. The summed E-state index contributed by atoms with van der Waals surface area (Å²) in [4.78, 5) is 12.7. The van der Waals surface area contributed by atoms with Crippen LogP contribution in [0.4, 0.5) is 5.69 Å². The number of amides is 1. The summed E-state index contributed by atoms with van der Waals surface area (Å²) in [7, 11) is 0. The Kier molecular flexibility index (Phi) is 6.22. The van der Waals surface area contributed by atoms with Gasteiger partial charge in [-0.15, -0.1) is 0 Å². The van der Waals surface area contributed by atoms with Crippen LogP contribution in [0.15, 0.2) is 40.9 Å². The minimum absolute atomic E-state index is 0.157. The highest BCUT2D eigenvalue weighted by Crippen LogP contribution is 2.26. The van der Waals surface area contributed by atoms with Crippen molar-refractivity contribution in [2.45, 2.75) is 33.6 Å². The van der Waals surface area contributed by atoms with E-state index in [-0.39, 0.29) is 5.91 Å². The molecule has 0 unspecified atom stereocenters. The molecule has 0 aliphatic rings. The largest absolute Gasteiger partial charge is 0.493 e. The molecule has 0 saturated heterocycles. The number of ether oxygens (including phenoxy) is 1. The molecule has 0 aromatic heterocycles. The zero-order valence-corrected chi connectivity index (χ0v) is 15.4. The van der Waals surface area contributed by atoms with Gasteiger partial charge >= 0.3 is 0 Å². The van der Waals surface area contributed by atoms with E-state index in [0.717, 1.165) is 34.1 Å². The van der Waals surface area contributed by atoms with Gasteiger partial charge in [-0.25, -0.2) is 0 Å². The van der Waals surface area contributed by atoms with Crippen LogP contribution in [0.2, 0.25) is 0 Å². The lowest BCUT2D eigenvalue weighted by atomic mass is 10.1. The minimum atomic E-state index is -0.157. The average molecular weight is 376 g/mol. The van der Waals surface area contributed by atoms with Crippen LogP contribution in [0.3, 0.4) is 0 Å². The molecule has 0 atom stereocenters. The molecular formula is C19H22BrNO2. The summed E-state index contributed by atoms with van der Waals surface area (Å²) in [6.07, 6.45) is 2.02. The number of para-hydroxylation sites is 1. The summed E-state index contributed by atoms with van der Waals surface area (Å²) in [6.45, 7) is 6.70. The highest BCUT2D eigenvalue weighted by Gasteiger charge is 2.15. The van der Waals surface area contributed by atoms with Crippen molar-refractivity contribution in [3.8, 4) is 5.75 Å². The molecular weight excluding hydrogens is 354 g/mol. The Morgan fingerprint density at radius 3 is 2.52 bits per heavy atom. The lowest BCUT2D eigenvalue weighted by Crippen LogP contribution is -2.15. The van der Waals surface area contributed by atoms with Crippen LogP contribution in [0.5, 0.6) is 5.75 Å². The highest BCUT2D eigenvalue weighted by molar-refractivity contribution is 9.10. The normalized spacial score (nSPS) is 10.4. The maximum Gasteiger partial charge on any atom is 0.259 e. The molecule has 0 saturated carbocycles. The molecule has 0 aliphatic carbocycles. The Morgan fingerprint density at radius 2 is 1.87 bits per heavy atom. The number of hydrogen-bond acceptors (Lipinski definition) is 2. The van der Waals surface area contributed by atoms with Crippen molar-refractivity contribution < 1.29 is 9.53 Å². The monoisotopic (exact) mass is 375 g/mol. The molecule has 2 aromatic rings. The van der Waals surface area contributed by atoms with E-state index in [0.29, 0.717) is 17.9 Å². The fourth-order valence-electron chi connectivity index (χ4n) is 2.32. The number of anilines is 1. The van der Waals surface area contributed by atoms with Crippen molar-refractivity contribution in [2.24, 2.45) is 0 Å². The topological polar surface area (TPSA) is 38.3 Å². The van der Waals surface area contributed by atoms with Gasteiger partial charge in [0.2, 0.25) is 0 Å². The fraction of sp³-hybridized carbons (Fsp3) is 0.316. The van der Waals surface area contributed by atoms with Gasteiger partial charge in [0.05, 0.1) is 12.2 Å². The van der Waals surface area contributed by atoms with Gasteiger partial charge in [0.25, 0.3) is 5.91 Å². The van der Waals surface area contributed by atoms with E-state index in [9.17, 15) is 4.79 Å². The summed E-state index contributed by atoms with van der Waals surface area (Å²) in [5.74, 6) is 0.459. The molecule has 122 valence electrons. The Bertz CT molecular complexity index is 678. The van der Waals surface area contributed by atoms with Crippen LogP contribution in [-0.2, 0) is 0 Å². The number of unbranched alkanes of at least 4 members (excludes halogenated alkanes) is 1. The van der Waals surface area contributed by atoms with E-state index in [2.05, 4.69) is 28.2 Å². The van der Waals surface area contributed by atoms with Gasteiger partial charge in [-0.3, -0.25) is 4.79 Å². The van der Waals surface area contributed by atoms with Crippen molar-refractivity contribution in [3.63, 3.8) is 0 Å². The fourth-order valence-corrected chi connectivity index (χ4v) is 2.69. The number of nitrogens with one attached hydrogen (secondary N) is 1. The molecule has 1 amide bonds. The van der Waals surface area contributed by atoms with Crippen molar-refractivity contribution in [1.29, 1.82) is 0 Å². The molecule has 0 bridgehead atoms. The van der Waals surface area contributed by atoms with Crippen LogP contribution < -0.4 is 10.1 Å². The van der Waals surface area contributed by atoms with Crippen LogP contribution in [-0.4, -0.2) is 12.5 Å². The zero-order chi connectivity index (χ0) is 16.8. The van der Waals surface area contributed by atoms with Gasteiger partial charge in [-0.1, -0.05) is 47.5 Å². The maximum absolute atomic E-state index is 12.7. The van der Waals surface area contributed by atoms with Gasteiger partial charge in [0.15, 0.2) is 0 Å². The van der Waals surface area contributed by atoms with Gasteiger partial charge in [-0.05, 0) is 49.6 Å². The molecule has 2 rings (SSSR count). The highest BCUT2D eigenvalue weighted by atomic mass is 79.9. The van der Waals surface area contributed by atoms with Gasteiger partial charge < -0.3 is 10.1 Å². The quantitative estimate of drug-likeness (QED) is 0.677. The van der Waals surface area contributed by atoms with Gasteiger partial charge in [-0.2, -0.15) is 0 Å². The van der Waals surface area contributed by atoms with Crippen molar-refractivity contribution >= 4 is 27.5 Å². The number of carbonyl (C=O) groups excluding carboxylic acids is 1. The molecule has 2 aromatic carbocycles. The third-order valence-electron chi connectivity index (χ3n) is 3.66. The second-order valence-electron chi connectivity index (χ2n) is 5.56. The Hall–Kier alpha value is -1.81. The first-order chi connectivity index (χ1) is 11.0. The van der Waals surface area contributed by atoms with Crippen LogP contribution in [0.1, 0.15) is 41.3 Å². The molecule has 0 spiro atoms. The standard InChI is InChI=1S/C19H22BrNO2/c1-4-5-11-23-17-10-9-15(20)12-16(17)19(22)21-18-13(2)7-6-8-14(18)3/h6-10,12H,4-5,11H2,1-3H3,(H,21,22). The number of halogens is 1. The first-order valence-corrected chi connectivity index (χ1v) is 8.62. The van der Waals surface area contributed by atoms with Crippen LogP contribution >= 0.6 is 15.9 Å². The molecule has 0 radical (unpaired) electrons. The van der Waals surface area contributed by atoms with E-state index in [1.807, 2.05) is 44.2 Å². The maximum atomic E-state index is 12.7. The first-order valence-electron chi connectivity index (χ1n) is 7.83. The summed E-state index contributed by atoms with van der Waals surface area (Å²) in [5.41, 5.74) is 3.48. The number of benzene rings is 2. The Balaban J connectivity index is 2.26. The number of carbonyl (C=O) groups is 1. The third kappa shape index (κ3) is 4.58. The molecule has 0 heterocycles. The van der Waals surface area contributed by atoms with Crippen molar-refractivity contribution in [3.05, 3.63) is 57.6 Å². The summed E-state index contributed by atoms with van der Waals surface area (Å²) >= 11 is 3.43. The Labute approximate surface area is 146 Å². The number of hydrogen-bond donors (Lipinski definition) is 1. The van der Waals surface area contributed by atoms with Crippen LogP contribution in [0, 0.1) is 13.8 Å². The molecule has 0 aliphatic heterocycles. The summed E-state index contributed by atoms with van der Waals surface area (Å²) in [6, 6.07) is 11.5. The summed E-state index contributed by atoms with van der Waals surface area (Å²) in [5, 5.41) is 3.01. The van der Waals surface area contributed by atoms with Crippen molar-refractivity contribution in [2.75, 3.05) is 11.9 Å². The predicted molar refractivity (Wildman–Crippen MR) is 98.4 cm³/mol. The first kappa shape index (κ1) is 17.5. The van der Waals surface area contributed by atoms with E-state index in [1.54, 1.807) is 6.07 Å². The van der Waals surface area contributed by atoms with Gasteiger partial charge in [0, 0.05) is 10.2 Å². The van der Waals surface area contributed by atoms with E-state index >= 15 is 0 Å². The predicted octanol–water partition coefficient (Wildman–Crippen LogP) is 5.50. The van der Waals surface area contributed by atoms with E-state index in [1.165, 1.54) is 0 Å². The lowest BCUT2D eigenvalue weighted by Gasteiger charge is -2.14. The molecule has 0 fully saturated rings. The zero-order valence-electron chi connectivity index (χ0n) is 13.8. The van der Waals surface area contributed by atoms with Crippen molar-refractivity contribution in [1.82, 2.24) is 0 Å². The second-order valence-corrected chi connectivity index (χ2v) is 6.48. The third-order valence-corrected chi connectivity index (χ3v) is 4.15. The van der Waals surface area contributed by atoms with Gasteiger partial charge in [0.1, 0.15) is 5.75 Å². The Morgan fingerprint density at radius 1 is 1.17 bits per heavy atom. The number of rotatable bonds is 6. The SMILES string of the molecule is CCCCOc1ccc(Br)cc1C(=O)Nc1c(C)cccc1C. The van der Waals surface area contributed by atoms with E-state index < -0.39 is 0 Å². The average Bonchev–Trinajstić information content (AvgIpc) is 2.52. The molecule has 4 heteroatoms. The molecule has 23 heavy (non-hydrogen) atoms. The van der Waals surface area contributed by atoms with Crippen LogP contribution in [0.25, 0.3) is 0 Å². The summed E-state index contributed by atoms with van der Waals surface area (Å²) < 4.78 is 6.62. The lowest BCUT2D eigenvalue weighted by molar-refractivity contribution is 0.102.